The van der Waals surface area contributed by atoms with Crippen LogP contribution in [0.1, 0.15) is 12.5 Å². The van der Waals surface area contributed by atoms with E-state index in [0.29, 0.717) is 41.9 Å². The Morgan fingerprint density at radius 3 is 2.53 bits per heavy atom. The zero-order valence-corrected chi connectivity index (χ0v) is 19.6. The number of para-hydroxylation sites is 2. The number of hydrogen-bond acceptors (Lipinski definition) is 6. The molecule has 0 aromatic heterocycles. The third-order valence-electron chi connectivity index (χ3n) is 6.03. The average molecular weight is 482 g/mol. The summed E-state index contributed by atoms with van der Waals surface area (Å²) in [5, 5.41) is 0. The lowest BCUT2D eigenvalue weighted by Gasteiger charge is -2.40. The molecule has 176 valence electrons. The molecule has 3 aromatic carbocycles. The first kappa shape index (κ1) is 22.4. The summed E-state index contributed by atoms with van der Waals surface area (Å²) in [6.07, 6.45) is 0. The van der Waals surface area contributed by atoms with E-state index in [1.807, 2.05) is 49.4 Å². The van der Waals surface area contributed by atoms with Crippen LogP contribution in [0.3, 0.4) is 0 Å². The van der Waals surface area contributed by atoms with Gasteiger partial charge in [-0.05, 0) is 55.5 Å². The molecule has 0 N–H and O–H groups in total. The van der Waals surface area contributed by atoms with Crippen LogP contribution in [-0.2, 0) is 10.0 Å². The van der Waals surface area contributed by atoms with Gasteiger partial charge in [-0.15, -0.1) is 0 Å². The van der Waals surface area contributed by atoms with Crippen LogP contribution in [0.2, 0.25) is 0 Å². The van der Waals surface area contributed by atoms with Crippen LogP contribution < -0.4 is 9.47 Å². The van der Waals surface area contributed by atoms with E-state index in [1.54, 1.807) is 7.11 Å². The molecule has 3 aromatic rings. The van der Waals surface area contributed by atoms with Crippen molar-refractivity contribution in [1.82, 2.24) is 9.21 Å². The van der Waals surface area contributed by atoms with Gasteiger partial charge in [0, 0.05) is 31.7 Å². The van der Waals surface area contributed by atoms with Gasteiger partial charge in [0.2, 0.25) is 10.0 Å². The van der Waals surface area contributed by atoms with Crippen molar-refractivity contribution in [1.29, 1.82) is 0 Å². The minimum absolute atomic E-state index is 0.0841. The molecule has 0 radical (unpaired) electrons. The first-order valence-corrected chi connectivity index (χ1v) is 12.4. The molecular weight excluding hydrogens is 457 g/mol. The second kappa shape index (κ2) is 8.73. The minimum atomic E-state index is -3.75. The van der Waals surface area contributed by atoms with Crippen molar-refractivity contribution in [3.8, 4) is 17.2 Å². The SMILES string of the molecule is COc1ccc2c(c1)Oc1ccccc1N=C2N1CCN(S(=O)(=O)c2ccc(F)cc2)[C@H](C)C1. The first-order valence-electron chi connectivity index (χ1n) is 10.9. The van der Waals surface area contributed by atoms with Crippen LogP contribution in [0.5, 0.6) is 17.2 Å². The van der Waals surface area contributed by atoms with Crippen LogP contribution in [-0.4, -0.2) is 56.2 Å². The number of aliphatic imine (C=N–C) groups is 1. The highest BCUT2D eigenvalue weighted by atomic mass is 32.2. The maximum absolute atomic E-state index is 13.3. The molecule has 0 unspecified atom stereocenters. The summed E-state index contributed by atoms with van der Waals surface area (Å²) in [7, 11) is -2.15. The van der Waals surface area contributed by atoms with Gasteiger partial charge in [-0.3, -0.25) is 0 Å². The van der Waals surface area contributed by atoms with Gasteiger partial charge in [0.15, 0.2) is 5.75 Å². The van der Waals surface area contributed by atoms with Crippen LogP contribution in [0.15, 0.2) is 76.6 Å². The number of ether oxygens (including phenoxy) is 2. The maximum Gasteiger partial charge on any atom is 0.243 e. The molecule has 1 fully saturated rings. The summed E-state index contributed by atoms with van der Waals surface area (Å²) in [4.78, 5) is 7.08. The van der Waals surface area contributed by atoms with Crippen molar-refractivity contribution in [2.45, 2.75) is 17.9 Å². The molecule has 7 nitrogen and oxygen atoms in total. The number of fused-ring (bicyclic) bond motifs is 2. The second-order valence-electron chi connectivity index (χ2n) is 8.23. The van der Waals surface area contributed by atoms with Gasteiger partial charge in [-0.1, -0.05) is 12.1 Å². The molecule has 0 bridgehead atoms. The summed E-state index contributed by atoms with van der Waals surface area (Å²) in [5.74, 6) is 2.17. The number of piperazine rings is 1. The van der Waals surface area contributed by atoms with Crippen LogP contribution in [0.25, 0.3) is 0 Å². The van der Waals surface area contributed by atoms with Crippen molar-refractivity contribution in [3.05, 3.63) is 78.1 Å². The predicted octanol–water partition coefficient (Wildman–Crippen LogP) is 4.41. The average Bonchev–Trinajstić information content (AvgIpc) is 3.00. The molecule has 1 saturated heterocycles. The number of sulfonamides is 1. The zero-order chi connectivity index (χ0) is 23.9. The molecule has 0 spiro atoms. The molecule has 0 saturated carbocycles. The Hall–Kier alpha value is -3.43. The van der Waals surface area contributed by atoms with Gasteiger partial charge in [-0.2, -0.15) is 4.31 Å². The number of halogens is 1. The van der Waals surface area contributed by atoms with Gasteiger partial charge in [0.25, 0.3) is 0 Å². The highest BCUT2D eigenvalue weighted by molar-refractivity contribution is 7.89. The largest absolute Gasteiger partial charge is 0.497 e. The lowest BCUT2D eigenvalue weighted by Crippen LogP contribution is -2.55. The van der Waals surface area contributed by atoms with Crippen molar-refractivity contribution >= 4 is 21.5 Å². The second-order valence-corrected chi connectivity index (χ2v) is 10.1. The van der Waals surface area contributed by atoms with E-state index in [-0.39, 0.29) is 17.5 Å². The molecular formula is C25H24FN3O4S. The lowest BCUT2D eigenvalue weighted by atomic mass is 10.1. The Kier molecular flexibility index (Phi) is 5.75. The number of hydrogen-bond donors (Lipinski definition) is 0. The quantitative estimate of drug-likeness (QED) is 0.554. The predicted molar refractivity (Wildman–Crippen MR) is 127 cm³/mol. The maximum atomic E-state index is 13.3. The Balaban J connectivity index is 1.48. The van der Waals surface area contributed by atoms with Gasteiger partial charge in [0.05, 0.1) is 17.6 Å². The Labute approximate surface area is 198 Å². The highest BCUT2D eigenvalue weighted by Gasteiger charge is 2.36. The van der Waals surface area contributed by atoms with E-state index in [0.717, 1.165) is 17.7 Å². The fraction of sp³-hybridized carbons (Fsp3) is 0.240. The van der Waals surface area contributed by atoms with Crippen LogP contribution in [0.4, 0.5) is 10.1 Å². The van der Waals surface area contributed by atoms with Gasteiger partial charge in [-0.25, -0.2) is 17.8 Å². The number of benzene rings is 3. The molecule has 9 heteroatoms. The molecule has 2 aliphatic rings. The van der Waals surface area contributed by atoms with Gasteiger partial charge < -0.3 is 14.4 Å². The first-order chi connectivity index (χ1) is 16.4. The molecule has 0 aliphatic carbocycles. The Morgan fingerprint density at radius 2 is 1.79 bits per heavy atom. The Bertz CT molecular complexity index is 1360. The van der Waals surface area contributed by atoms with E-state index >= 15 is 0 Å². The summed E-state index contributed by atoms with van der Waals surface area (Å²) >= 11 is 0. The van der Waals surface area contributed by atoms with E-state index in [4.69, 9.17) is 14.5 Å². The highest BCUT2D eigenvalue weighted by Crippen LogP contribution is 2.39. The van der Waals surface area contributed by atoms with Crippen LogP contribution >= 0.6 is 0 Å². The van der Waals surface area contributed by atoms with Crippen molar-refractivity contribution in [2.75, 3.05) is 26.7 Å². The monoisotopic (exact) mass is 481 g/mol. The van der Waals surface area contributed by atoms with E-state index in [9.17, 15) is 12.8 Å². The molecule has 2 heterocycles. The lowest BCUT2D eigenvalue weighted by molar-refractivity contribution is 0.205. The molecule has 0 amide bonds. The van der Waals surface area contributed by atoms with Crippen molar-refractivity contribution in [3.63, 3.8) is 0 Å². The normalized spacial score (nSPS) is 18.3. The fourth-order valence-corrected chi connectivity index (χ4v) is 5.91. The summed E-state index contributed by atoms with van der Waals surface area (Å²) in [6.45, 7) is 3.02. The van der Waals surface area contributed by atoms with Crippen molar-refractivity contribution < 1.29 is 22.3 Å². The van der Waals surface area contributed by atoms with Gasteiger partial charge in [0.1, 0.15) is 28.8 Å². The minimum Gasteiger partial charge on any atom is -0.497 e. The van der Waals surface area contributed by atoms with Gasteiger partial charge >= 0.3 is 0 Å². The number of amidine groups is 1. The fourth-order valence-electron chi connectivity index (χ4n) is 4.30. The smallest absolute Gasteiger partial charge is 0.243 e. The topological polar surface area (TPSA) is 71.4 Å². The molecule has 34 heavy (non-hydrogen) atoms. The third kappa shape index (κ3) is 4.01. The zero-order valence-electron chi connectivity index (χ0n) is 18.8. The molecule has 2 aliphatic heterocycles. The number of nitrogens with zero attached hydrogens (tertiary/aromatic N) is 3. The van der Waals surface area contributed by atoms with E-state index in [1.165, 1.54) is 16.4 Å². The summed E-state index contributed by atoms with van der Waals surface area (Å²) in [5.41, 5.74) is 1.50. The number of methoxy groups -OCH3 is 1. The van der Waals surface area contributed by atoms with E-state index < -0.39 is 15.8 Å². The molecule has 5 rings (SSSR count). The Morgan fingerprint density at radius 1 is 1.03 bits per heavy atom. The molecule has 1 atom stereocenters. The third-order valence-corrected chi connectivity index (χ3v) is 8.06. The van der Waals surface area contributed by atoms with Crippen LogP contribution in [0, 0.1) is 5.82 Å². The van der Waals surface area contributed by atoms with Crippen molar-refractivity contribution in [2.24, 2.45) is 4.99 Å². The number of rotatable bonds is 3. The summed E-state index contributed by atoms with van der Waals surface area (Å²) in [6, 6.07) is 17.7. The van der Waals surface area contributed by atoms with E-state index in [2.05, 4.69) is 4.90 Å². The standard InChI is InChI=1S/C25H24FN3O4S/c1-17-16-28(13-14-29(17)34(30,31)20-10-7-18(26)8-11-20)25-21-12-9-19(32-2)15-24(21)33-23-6-4-3-5-22(23)27-25/h3-12,15,17H,13-14,16H2,1-2H3/t17-/m1/s1. The summed E-state index contributed by atoms with van der Waals surface area (Å²) < 4.78 is 52.7.